The molecule has 0 aliphatic carbocycles. The van der Waals surface area contributed by atoms with E-state index in [9.17, 15) is 14.7 Å². The van der Waals surface area contributed by atoms with Gasteiger partial charge in [0.1, 0.15) is 18.1 Å². The lowest BCUT2D eigenvalue weighted by molar-refractivity contribution is -0.164. The summed E-state index contributed by atoms with van der Waals surface area (Å²) >= 11 is 1.65. The molecule has 0 radical (unpaired) electrons. The Hall–Kier alpha value is -4.89. The average Bonchev–Trinajstić information content (AvgIpc) is 3.00. The highest BCUT2D eigenvalue weighted by atomic mass is 32.2. The van der Waals surface area contributed by atoms with Crippen molar-refractivity contribution >= 4 is 23.7 Å². The van der Waals surface area contributed by atoms with Crippen LogP contribution in [0.15, 0.2) is 95.9 Å². The smallest absolute Gasteiger partial charge is 0.341 e. The van der Waals surface area contributed by atoms with Gasteiger partial charge < -0.3 is 24.4 Å². The summed E-state index contributed by atoms with van der Waals surface area (Å²) in [6.07, 6.45) is 7.34. The first-order valence-corrected chi connectivity index (χ1v) is 14.8. The zero-order chi connectivity index (χ0) is 31.8. The number of benzene rings is 3. The maximum atomic E-state index is 11.7. The van der Waals surface area contributed by atoms with E-state index in [1.165, 1.54) is 6.92 Å². The predicted molar refractivity (Wildman–Crippen MR) is 172 cm³/mol. The van der Waals surface area contributed by atoms with Crippen molar-refractivity contribution in [2.24, 2.45) is 0 Å². The molecule has 0 bridgehead atoms. The van der Waals surface area contributed by atoms with E-state index < -0.39 is 17.5 Å². The molecular weight excluding hydrogens is 576 g/mol. The summed E-state index contributed by atoms with van der Waals surface area (Å²) in [7, 11) is 0. The summed E-state index contributed by atoms with van der Waals surface area (Å²) < 4.78 is 16.4. The number of carboxylic acid groups (broad SMARTS) is 2. The van der Waals surface area contributed by atoms with Gasteiger partial charge in [0, 0.05) is 28.4 Å². The van der Waals surface area contributed by atoms with Gasteiger partial charge in [-0.2, -0.15) is 0 Å². The van der Waals surface area contributed by atoms with Gasteiger partial charge in [-0.05, 0) is 98.7 Å². The molecule has 3 aromatic carbocycles. The van der Waals surface area contributed by atoms with Gasteiger partial charge in [0.15, 0.2) is 12.2 Å². The normalized spacial score (nSPS) is 12.1. The number of aryl methyl sites for hydroxylation is 1. The van der Waals surface area contributed by atoms with Crippen LogP contribution in [-0.2, 0) is 19.9 Å². The van der Waals surface area contributed by atoms with Gasteiger partial charge in [0.2, 0.25) is 0 Å². The molecular formula is C36H34O7S. The van der Waals surface area contributed by atoms with Crippen molar-refractivity contribution in [2.75, 3.05) is 25.6 Å². The number of hydrogen-bond donors (Lipinski definition) is 2. The van der Waals surface area contributed by atoms with Crippen LogP contribution in [0.5, 0.6) is 11.5 Å². The van der Waals surface area contributed by atoms with Gasteiger partial charge in [-0.15, -0.1) is 11.8 Å². The molecule has 0 saturated heterocycles. The maximum absolute atomic E-state index is 11.7. The zero-order valence-electron chi connectivity index (χ0n) is 24.8. The monoisotopic (exact) mass is 610 g/mol. The van der Waals surface area contributed by atoms with Crippen molar-refractivity contribution in [1.82, 2.24) is 0 Å². The third-order valence-corrected chi connectivity index (χ3v) is 7.08. The Morgan fingerprint density at radius 3 is 2.20 bits per heavy atom. The quantitative estimate of drug-likeness (QED) is 0.168. The standard InChI is InChI=1S/C36H34O7S/c1-4-43-36(3,35(39)40)30-16-18-31(19-17-30)41-22-9-5-7-12-28-14-11-15-29(25-28)13-8-6-10-23-44-32-20-21-33(27(2)24-32)42-26-34(37)38/h5-6,9-11,14-21,24-25H,4,22-23,26H2,1-3H3,(H,37,38)(H,39,40). The highest BCUT2D eigenvalue weighted by Gasteiger charge is 2.35. The SMILES string of the molecule is CCOC(C)(C(=O)O)c1ccc(OCC=CC#Cc2cccc(C#CC=CCSc3ccc(OCC(=O)O)c(C)c3)c2)cc1. The molecule has 0 fully saturated rings. The van der Waals surface area contributed by atoms with Gasteiger partial charge in [-0.25, -0.2) is 9.59 Å². The van der Waals surface area contributed by atoms with Crippen molar-refractivity contribution in [3.8, 4) is 35.2 Å². The van der Waals surface area contributed by atoms with Crippen LogP contribution in [-0.4, -0.2) is 47.7 Å². The van der Waals surface area contributed by atoms with Crippen molar-refractivity contribution in [2.45, 2.75) is 31.3 Å². The number of rotatable bonds is 13. The van der Waals surface area contributed by atoms with Crippen molar-refractivity contribution in [1.29, 1.82) is 0 Å². The third-order valence-electron chi connectivity index (χ3n) is 6.13. The summed E-state index contributed by atoms with van der Waals surface area (Å²) in [6.45, 7) is 5.43. The first-order chi connectivity index (χ1) is 21.2. The van der Waals surface area contributed by atoms with E-state index in [1.54, 1.807) is 61.2 Å². The number of thioether (sulfide) groups is 1. The fourth-order valence-corrected chi connectivity index (χ4v) is 4.68. The van der Waals surface area contributed by atoms with Gasteiger partial charge in [0.05, 0.1) is 0 Å². The largest absolute Gasteiger partial charge is 0.490 e. The fourth-order valence-electron chi connectivity index (χ4n) is 3.87. The van der Waals surface area contributed by atoms with Crippen molar-refractivity contribution in [3.63, 3.8) is 0 Å². The highest BCUT2D eigenvalue weighted by molar-refractivity contribution is 7.99. The molecule has 3 aromatic rings. The number of aliphatic carboxylic acids is 2. The molecule has 44 heavy (non-hydrogen) atoms. The molecule has 0 spiro atoms. The lowest BCUT2D eigenvalue weighted by Crippen LogP contribution is -2.35. The molecule has 1 atom stereocenters. The lowest BCUT2D eigenvalue weighted by Gasteiger charge is -2.25. The van der Waals surface area contributed by atoms with Gasteiger partial charge in [-0.1, -0.05) is 48.0 Å². The highest BCUT2D eigenvalue weighted by Crippen LogP contribution is 2.28. The van der Waals surface area contributed by atoms with E-state index in [2.05, 4.69) is 23.7 Å². The minimum atomic E-state index is -1.40. The van der Waals surface area contributed by atoms with Crippen LogP contribution in [0.1, 0.15) is 36.1 Å². The summed E-state index contributed by atoms with van der Waals surface area (Å²) in [6, 6.07) is 20.2. The van der Waals surface area contributed by atoms with E-state index in [4.69, 9.17) is 19.3 Å². The molecule has 226 valence electrons. The van der Waals surface area contributed by atoms with E-state index in [-0.39, 0.29) is 13.2 Å². The summed E-state index contributed by atoms with van der Waals surface area (Å²) in [5.41, 5.74) is 1.74. The second kappa shape index (κ2) is 17.3. The van der Waals surface area contributed by atoms with Crippen LogP contribution in [0.25, 0.3) is 0 Å². The fraction of sp³-hybridized carbons (Fsp3) is 0.222. The van der Waals surface area contributed by atoms with Gasteiger partial charge >= 0.3 is 11.9 Å². The summed E-state index contributed by atoms with van der Waals surface area (Å²) in [5.74, 6) is 12.1. The Morgan fingerprint density at radius 1 is 0.909 bits per heavy atom. The lowest BCUT2D eigenvalue weighted by atomic mass is 9.96. The van der Waals surface area contributed by atoms with E-state index in [1.807, 2.05) is 55.5 Å². The molecule has 8 heteroatoms. The van der Waals surface area contributed by atoms with Gasteiger partial charge in [0.25, 0.3) is 0 Å². The minimum absolute atomic E-state index is 0.289. The topological polar surface area (TPSA) is 102 Å². The first-order valence-electron chi connectivity index (χ1n) is 13.8. The number of ether oxygens (including phenoxy) is 3. The van der Waals surface area contributed by atoms with Crippen LogP contribution >= 0.6 is 11.8 Å². The first kappa shape index (κ1) is 33.6. The Morgan fingerprint density at radius 2 is 1.59 bits per heavy atom. The molecule has 0 amide bonds. The second-order valence-electron chi connectivity index (χ2n) is 9.45. The maximum Gasteiger partial charge on any atom is 0.341 e. The number of allylic oxidation sites excluding steroid dienone is 2. The number of carboxylic acids is 2. The predicted octanol–water partition coefficient (Wildman–Crippen LogP) is 6.48. The molecule has 7 nitrogen and oxygen atoms in total. The summed E-state index contributed by atoms with van der Waals surface area (Å²) in [5, 5.41) is 18.3. The molecule has 3 rings (SSSR count). The third kappa shape index (κ3) is 10.7. The average molecular weight is 611 g/mol. The molecule has 0 aromatic heterocycles. The Balaban J connectivity index is 1.44. The number of hydrogen-bond acceptors (Lipinski definition) is 6. The van der Waals surface area contributed by atoms with Crippen molar-refractivity contribution in [3.05, 3.63) is 113 Å². The Labute approximate surface area is 262 Å². The zero-order valence-corrected chi connectivity index (χ0v) is 25.6. The van der Waals surface area contributed by atoms with Crippen LogP contribution in [0.2, 0.25) is 0 Å². The Kier molecular flexibility index (Phi) is 13.2. The van der Waals surface area contributed by atoms with Crippen LogP contribution in [0, 0.1) is 30.6 Å². The molecule has 1 unspecified atom stereocenters. The molecule has 0 saturated carbocycles. The molecule has 0 heterocycles. The van der Waals surface area contributed by atoms with Crippen LogP contribution in [0.3, 0.4) is 0 Å². The second-order valence-corrected chi connectivity index (χ2v) is 10.5. The van der Waals surface area contributed by atoms with Crippen LogP contribution < -0.4 is 9.47 Å². The molecule has 2 N–H and O–H groups in total. The number of carbonyl (C=O) groups is 2. The van der Waals surface area contributed by atoms with E-state index in [0.29, 0.717) is 23.7 Å². The summed E-state index contributed by atoms with van der Waals surface area (Å²) in [4.78, 5) is 23.4. The van der Waals surface area contributed by atoms with Gasteiger partial charge in [-0.3, -0.25) is 0 Å². The minimum Gasteiger partial charge on any atom is -0.490 e. The van der Waals surface area contributed by atoms with E-state index in [0.717, 1.165) is 27.3 Å². The van der Waals surface area contributed by atoms with E-state index >= 15 is 0 Å². The van der Waals surface area contributed by atoms with Crippen molar-refractivity contribution < 1.29 is 34.0 Å². The molecule has 0 aliphatic heterocycles. The molecule has 0 aliphatic rings. The van der Waals surface area contributed by atoms with Crippen LogP contribution in [0.4, 0.5) is 0 Å². The Bertz CT molecular complexity index is 1620.